The van der Waals surface area contributed by atoms with E-state index in [4.69, 9.17) is 9.47 Å². The molecule has 320 valence electrons. The predicted octanol–water partition coefficient (Wildman–Crippen LogP) is 17.6. The second kappa shape index (κ2) is 46.0. The molecule has 0 bridgehead atoms. The summed E-state index contributed by atoms with van der Waals surface area (Å²) in [6, 6.07) is 0. The molecule has 0 atom stereocenters. The third-order valence-electron chi connectivity index (χ3n) is 10.7. The summed E-state index contributed by atoms with van der Waals surface area (Å²) in [5.74, 6) is 0. The zero-order valence-electron chi connectivity index (χ0n) is 36.0. The minimum Gasteiger partial charge on any atom is -0.431 e. The molecule has 0 N–H and O–H groups in total. The highest BCUT2D eigenvalue weighted by Gasteiger charge is 2.33. The second-order valence-corrected chi connectivity index (χ2v) is 16.9. The van der Waals surface area contributed by atoms with Gasteiger partial charge >= 0.3 is 20.6 Å². The maximum atomic E-state index is 11.8. The second-order valence-electron chi connectivity index (χ2n) is 16.0. The highest BCUT2D eigenvalue weighted by molar-refractivity contribution is 7.34. The number of ether oxygens (including phenoxy) is 2. The van der Waals surface area contributed by atoms with Gasteiger partial charge in [-0.1, -0.05) is 258 Å². The molecule has 0 fully saturated rings. The third kappa shape index (κ3) is 45.0. The lowest BCUT2D eigenvalue weighted by molar-refractivity contribution is 0.0803. The molecule has 0 amide bonds. The first-order chi connectivity index (χ1) is 26.6. The first kappa shape index (κ1) is 52.6. The summed E-state index contributed by atoms with van der Waals surface area (Å²) < 4.78 is 30.8. The molecule has 0 aromatic carbocycles. The summed E-state index contributed by atoms with van der Waals surface area (Å²) in [4.78, 5) is 23.5. The van der Waals surface area contributed by atoms with Gasteiger partial charge in [-0.3, -0.25) is 0 Å². The minimum atomic E-state index is -2.95. The Morgan fingerprint density at radius 3 is 0.648 bits per heavy atom. The summed E-state index contributed by atoms with van der Waals surface area (Å²) >= 11 is 0. The van der Waals surface area contributed by atoms with E-state index in [1.807, 2.05) is 0 Å². The maximum absolute atomic E-state index is 11.8. The van der Waals surface area contributed by atoms with Crippen LogP contribution in [-0.4, -0.2) is 25.5 Å². The Morgan fingerprint density at radius 2 is 0.463 bits per heavy atom. The predicted molar refractivity (Wildman–Crippen MR) is 229 cm³/mol. The molecule has 0 heterocycles. The van der Waals surface area contributed by atoms with Crippen LogP contribution in [0.5, 0.6) is 0 Å². The molecular weight excluding hydrogens is 695 g/mol. The van der Waals surface area contributed by atoms with Gasteiger partial charge in [0, 0.05) is 4.57 Å². The van der Waals surface area contributed by atoms with E-state index in [-0.39, 0.29) is 13.2 Å². The van der Waals surface area contributed by atoms with Crippen LogP contribution in [0.3, 0.4) is 0 Å². The molecule has 0 aromatic heterocycles. The van der Waals surface area contributed by atoms with E-state index >= 15 is 0 Å². The minimum absolute atomic E-state index is 0.199. The largest absolute Gasteiger partial charge is 0.818 e. The van der Waals surface area contributed by atoms with Gasteiger partial charge in [-0.2, -0.15) is 9.59 Å². The number of rotatable bonds is 44. The third-order valence-corrected chi connectivity index (χ3v) is 11.3. The van der Waals surface area contributed by atoms with E-state index in [9.17, 15) is 14.2 Å². The van der Waals surface area contributed by atoms with Crippen molar-refractivity contribution in [3.05, 3.63) is 0 Å². The molecule has 0 aliphatic carbocycles. The van der Waals surface area contributed by atoms with Crippen LogP contribution < -0.4 is 0 Å². The van der Waals surface area contributed by atoms with Crippen molar-refractivity contribution in [2.24, 2.45) is 0 Å². The van der Waals surface area contributed by atoms with Crippen molar-refractivity contribution in [2.45, 2.75) is 271 Å². The number of carbonyl (C=O) groups is 2. The lowest BCUT2D eigenvalue weighted by Crippen LogP contribution is -2.08. The van der Waals surface area contributed by atoms with Crippen LogP contribution in [0.25, 0.3) is 0 Å². The van der Waals surface area contributed by atoms with Crippen LogP contribution in [-0.2, 0) is 23.1 Å². The average Bonchev–Trinajstić information content (AvgIpc) is 3.16. The van der Waals surface area contributed by atoms with Gasteiger partial charge in [-0.05, 0) is 12.8 Å². The monoisotopic (exact) mass is 786 g/mol. The van der Waals surface area contributed by atoms with Crippen molar-refractivity contribution in [1.82, 2.24) is 0 Å². The fraction of sp³-hybridized carbons (Fsp3) is 0.957. The molecule has 0 saturated carbocycles. The van der Waals surface area contributed by atoms with E-state index in [1.165, 1.54) is 218 Å². The quantitative estimate of drug-likeness (QED) is 0.0345. The molecule has 0 aliphatic rings. The molecule has 0 aromatic rings. The number of hydrogen-bond acceptors (Lipinski definition) is 7. The van der Waals surface area contributed by atoms with Gasteiger partial charge in [0.25, 0.3) is 0 Å². The molecule has 0 rings (SSSR count). The molecule has 0 saturated heterocycles. The zero-order valence-corrected chi connectivity index (χ0v) is 36.9. The van der Waals surface area contributed by atoms with E-state index in [2.05, 4.69) is 22.9 Å². The lowest BCUT2D eigenvalue weighted by Gasteiger charge is -2.04. The number of unbranched alkanes of at least 4 members (excludes halogenated alkanes) is 38. The Hall–Kier alpha value is -1.36. The van der Waals surface area contributed by atoms with E-state index in [1.54, 1.807) is 0 Å². The van der Waals surface area contributed by atoms with E-state index < -0.39 is 20.6 Å². The van der Waals surface area contributed by atoms with Crippen molar-refractivity contribution >= 4 is 20.6 Å². The maximum Gasteiger partial charge on any atom is 0.818 e. The van der Waals surface area contributed by atoms with Crippen LogP contribution in [0, 0.1) is 0 Å². The highest BCUT2D eigenvalue weighted by Crippen LogP contribution is 2.25. The van der Waals surface area contributed by atoms with E-state index in [0.717, 1.165) is 38.5 Å². The van der Waals surface area contributed by atoms with Gasteiger partial charge in [-0.25, -0.2) is 0 Å². The fourth-order valence-electron chi connectivity index (χ4n) is 7.22. The van der Waals surface area contributed by atoms with E-state index in [0.29, 0.717) is 0 Å². The smallest absolute Gasteiger partial charge is 0.431 e. The fourth-order valence-corrected chi connectivity index (χ4v) is 7.60. The van der Waals surface area contributed by atoms with Crippen molar-refractivity contribution in [2.75, 3.05) is 13.2 Å². The van der Waals surface area contributed by atoms with Crippen LogP contribution in [0.4, 0.5) is 9.59 Å². The topological polar surface area (TPSA) is 88.1 Å². The Morgan fingerprint density at radius 1 is 0.296 bits per heavy atom. The molecule has 8 heteroatoms. The average molecular weight is 786 g/mol. The van der Waals surface area contributed by atoms with Crippen LogP contribution in [0.2, 0.25) is 0 Å². The zero-order chi connectivity index (χ0) is 39.3. The Kier molecular flexibility index (Phi) is 44.9. The molecular formula is C46H90O7P+. The molecule has 0 aliphatic heterocycles. The van der Waals surface area contributed by atoms with Gasteiger partial charge in [0.1, 0.15) is 0 Å². The first-order valence-electron chi connectivity index (χ1n) is 23.8. The molecule has 0 radical (unpaired) electrons. The van der Waals surface area contributed by atoms with Gasteiger partial charge in [-0.15, -0.1) is 9.05 Å². The molecule has 7 nitrogen and oxygen atoms in total. The summed E-state index contributed by atoms with van der Waals surface area (Å²) in [5, 5.41) is 0. The first-order valence-corrected chi connectivity index (χ1v) is 24.9. The lowest BCUT2D eigenvalue weighted by atomic mass is 10.0. The number of hydrogen-bond donors (Lipinski definition) is 0. The van der Waals surface area contributed by atoms with Gasteiger partial charge in [0.2, 0.25) is 0 Å². The van der Waals surface area contributed by atoms with Gasteiger partial charge in [0.15, 0.2) is 0 Å². The van der Waals surface area contributed by atoms with Crippen LogP contribution in [0.15, 0.2) is 0 Å². The van der Waals surface area contributed by atoms with Crippen molar-refractivity contribution < 1.29 is 32.7 Å². The van der Waals surface area contributed by atoms with Crippen LogP contribution >= 0.6 is 8.25 Å². The Labute approximate surface area is 336 Å². The highest BCUT2D eigenvalue weighted by atomic mass is 31.1. The Bertz CT molecular complexity index is 731. The summed E-state index contributed by atoms with van der Waals surface area (Å²) in [6.07, 6.45) is 50.1. The summed E-state index contributed by atoms with van der Waals surface area (Å²) in [6.45, 7) is 4.96. The van der Waals surface area contributed by atoms with Crippen LogP contribution in [0.1, 0.15) is 271 Å². The number of carbonyl (C=O) groups excluding carboxylic acids is 2. The summed E-state index contributed by atoms with van der Waals surface area (Å²) in [5.41, 5.74) is 0. The van der Waals surface area contributed by atoms with Crippen molar-refractivity contribution in [3.63, 3.8) is 0 Å². The molecule has 0 unspecified atom stereocenters. The van der Waals surface area contributed by atoms with Crippen molar-refractivity contribution in [3.8, 4) is 0 Å². The van der Waals surface area contributed by atoms with Gasteiger partial charge < -0.3 is 9.47 Å². The SMILES string of the molecule is CCCCCCCCCCCCCCCCCCCCCCOC(=O)O[P+](=O)OC(=O)OCCCCCCCCCCCCCCCCCCCCCC. The normalized spacial score (nSPS) is 11.1. The van der Waals surface area contributed by atoms with Gasteiger partial charge in [0.05, 0.1) is 13.2 Å². The molecule has 0 spiro atoms. The standard InChI is InChI=1S/C46H90O7P/c1-3-5-7-9-11-13-15-17-19-21-23-25-27-29-31-33-35-37-39-41-43-50-45(47)52-54(49)53-46(48)51-44-42-40-38-36-34-32-30-28-26-24-22-20-18-16-14-12-10-8-6-4-2/h3-44H2,1-2H3/q+1. The summed E-state index contributed by atoms with van der Waals surface area (Å²) in [7, 11) is -2.95. The molecule has 54 heavy (non-hydrogen) atoms. The Balaban J connectivity index is 3.34. The van der Waals surface area contributed by atoms with Crippen molar-refractivity contribution in [1.29, 1.82) is 0 Å².